The predicted octanol–water partition coefficient (Wildman–Crippen LogP) is 2.07. The van der Waals surface area contributed by atoms with Crippen LogP contribution < -0.4 is 0 Å². The number of carboxylic acids is 1. The highest BCUT2D eigenvalue weighted by Gasteiger charge is 2.14. The summed E-state index contributed by atoms with van der Waals surface area (Å²) in [5.74, 6) is -0.863. The van der Waals surface area contributed by atoms with Crippen molar-refractivity contribution in [2.75, 3.05) is 5.75 Å². The van der Waals surface area contributed by atoms with Crippen LogP contribution in [0.4, 0.5) is 0 Å². The molecule has 0 amide bonds. The summed E-state index contributed by atoms with van der Waals surface area (Å²) in [4.78, 5) is 14.7. The Balaban J connectivity index is 2.79. The lowest BCUT2D eigenvalue weighted by atomic mass is 10.2. The zero-order valence-corrected chi connectivity index (χ0v) is 9.91. The maximum atomic E-state index is 10.6. The Morgan fingerprint density at radius 1 is 1.75 bits per heavy atom. The van der Waals surface area contributed by atoms with E-state index in [-0.39, 0.29) is 0 Å². The standard InChI is InChI=1S/C11H12N2O2S/c1-7-3-4-13-10(9(7)5-12)16-6-8(2)11(14)15/h3-4,8H,6H2,1-2H3,(H,14,15). The number of thioether (sulfide) groups is 1. The van der Waals surface area contributed by atoms with Crippen molar-refractivity contribution in [2.24, 2.45) is 5.92 Å². The van der Waals surface area contributed by atoms with Gasteiger partial charge in [0.15, 0.2) is 0 Å². The fraction of sp³-hybridized carbons (Fsp3) is 0.364. The van der Waals surface area contributed by atoms with Crippen LogP contribution in [0, 0.1) is 24.2 Å². The van der Waals surface area contributed by atoms with E-state index in [4.69, 9.17) is 10.4 Å². The van der Waals surface area contributed by atoms with Gasteiger partial charge in [-0.05, 0) is 18.6 Å². The van der Waals surface area contributed by atoms with Crippen LogP contribution in [-0.4, -0.2) is 21.8 Å². The molecule has 0 radical (unpaired) electrons. The lowest BCUT2D eigenvalue weighted by Crippen LogP contribution is -2.12. The molecule has 16 heavy (non-hydrogen) atoms. The van der Waals surface area contributed by atoms with Crippen molar-refractivity contribution in [3.8, 4) is 6.07 Å². The van der Waals surface area contributed by atoms with E-state index in [1.54, 1.807) is 19.2 Å². The number of hydrogen-bond acceptors (Lipinski definition) is 4. The first-order valence-electron chi connectivity index (χ1n) is 4.77. The summed E-state index contributed by atoms with van der Waals surface area (Å²) in [7, 11) is 0. The molecular formula is C11H12N2O2S. The Hall–Kier alpha value is -1.54. The molecule has 0 aliphatic carbocycles. The predicted molar refractivity (Wildman–Crippen MR) is 61.2 cm³/mol. The lowest BCUT2D eigenvalue weighted by molar-refractivity contribution is -0.140. The summed E-state index contributed by atoms with van der Waals surface area (Å²) in [6.07, 6.45) is 1.63. The van der Waals surface area contributed by atoms with E-state index in [1.807, 2.05) is 6.92 Å². The van der Waals surface area contributed by atoms with E-state index in [1.165, 1.54) is 11.8 Å². The summed E-state index contributed by atoms with van der Waals surface area (Å²) in [6, 6.07) is 3.85. The molecule has 0 saturated heterocycles. The molecular weight excluding hydrogens is 224 g/mol. The van der Waals surface area contributed by atoms with Crippen molar-refractivity contribution in [2.45, 2.75) is 18.9 Å². The number of aryl methyl sites for hydroxylation is 1. The minimum absolute atomic E-state index is 0.417. The summed E-state index contributed by atoms with van der Waals surface area (Å²) < 4.78 is 0. The summed E-state index contributed by atoms with van der Waals surface area (Å²) >= 11 is 1.31. The van der Waals surface area contributed by atoms with E-state index in [0.717, 1.165) is 5.56 Å². The van der Waals surface area contributed by atoms with Crippen LogP contribution in [-0.2, 0) is 4.79 Å². The second kappa shape index (κ2) is 5.52. The average molecular weight is 236 g/mol. The Kier molecular flexibility index (Phi) is 4.32. The number of aromatic nitrogens is 1. The monoisotopic (exact) mass is 236 g/mol. The second-order valence-corrected chi connectivity index (χ2v) is 4.48. The van der Waals surface area contributed by atoms with Gasteiger partial charge in [-0.15, -0.1) is 11.8 Å². The van der Waals surface area contributed by atoms with Crippen molar-refractivity contribution in [1.29, 1.82) is 5.26 Å². The van der Waals surface area contributed by atoms with Gasteiger partial charge in [-0.25, -0.2) is 4.98 Å². The number of hydrogen-bond donors (Lipinski definition) is 1. The summed E-state index contributed by atoms with van der Waals surface area (Å²) in [5, 5.41) is 18.3. The van der Waals surface area contributed by atoms with Gasteiger partial charge in [0.05, 0.1) is 11.5 Å². The van der Waals surface area contributed by atoms with Gasteiger partial charge in [0.2, 0.25) is 0 Å². The van der Waals surface area contributed by atoms with Gasteiger partial charge in [-0.3, -0.25) is 4.79 Å². The van der Waals surface area contributed by atoms with Gasteiger partial charge < -0.3 is 5.11 Å². The second-order valence-electron chi connectivity index (χ2n) is 3.47. The van der Waals surface area contributed by atoms with Crippen LogP contribution in [0.2, 0.25) is 0 Å². The van der Waals surface area contributed by atoms with Crippen LogP contribution in [0.5, 0.6) is 0 Å². The highest BCUT2D eigenvalue weighted by atomic mass is 32.2. The van der Waals surface area contributed by atoms with Gasteiger partial charge >= 0.3 is 5.97 Å². The number of carbonyl (C=O) groups is 1. The Labute approximate surface area is 98.3 Å². The third-order valence-corrected chi connectivity index (χ3v) is 3.38. The molecule has 0 fully saturated rings. The van der Waals surface area contributed by atoms with Crippen LogP contribution >= 0.6 is 11.8 Å². The Morgan fingerprint density at radius 2 is 2.44 bits per heavy atom. The molecule has 84 valence electrons. The summed E-state index contributed by atoms with van der Waals surface area (Å²) in [5.41, 5.74) is 1.40. The normalized spacial score (nSPS) is 11.8. The molecule has 0 spiro atoms. The average Bonchev–Trinajstić information content (AvgIpc) is 2.25. The van der Waals surface area contributed by atoms with Crippen molar-refractivity contribution in [1.82, 2.24) is 4.98 Å². The number of pyridine rings is 1. The molecule has 1 N–H and O–H groups in total. The SMILES string of the molecule is Cc1ccnc(SCC(C)C(=O)O)c1C#N. The molecule has 1 aromatic heterocycles. The molecule has 4 nitrogen and oxygen atoms in total. The van der Waals surface area contributed by atoms with Crippen LogP contribution in [0.1, 0.15) is 18.1 Å². The summed E-state index contributed by atoms with van der Waals surface area (Å²) in [6.45, 7) is 3.47. The molecule has 0 aliphatic rings. The van der Waals surface area contributed by atoms with Crippen molar-refractivity contribution < 1.29 is 9.90 Å². The molecule has 1 unspecified atom stereocenters. The first-order chi connectivity index (χ1) is 7.56. The van der Waals surface area contributed by atoms with Crippen LogP contribution in [0.15, 0.2) is 17.3 Å². The first kappa shape index (κ1) is 12.5. The van der Waals surface area contributed by atoms with Gasteiger partial charge in [-0.1, -0.05) is 6.92 Å². The molecule has 0 aliphatic heterocycles. The Morgan fingerprint density at radius 3 is 3.00 bits per heavy atom. The largest absolute Gasteiger partial charge is 0.481 e. The van der Waals surface area contributed by atoms with E-state index < -0.39 is 11.9 Å². The fourth-order valence-corrected chi connectivity index (χ4v) is 2.09. The lowest BCUT2D eigenvalue weighted by Gasteiger charge is -2.07. The maximum absolute atomic E-state index is 10.6. The first-order valence-corrected chi connectivity index (χ1v) is 5.76. The topological polar surface area (TPSA) is 74.0 Å². The van der Waals surface area contributed by atoms with Gasteiger partial charge in [0, 0.05) is 11.9 Å². The minimum Gasteiger partial charge on any atom is -0.481 e. The van der Waals surface area contributed by atoms with Gasteiger partial charge in [0.1, 0.15) is 11.1 Å². The third kappa shape index (κ3) is 2.97. The number of rotatable bonds is 4. The van der Waals surface area contributed by atoms with Crippen molar-refractivity contribution in [3.63, 3.8) is 0 Å². The molecule has 1 atom stereocenters. The maximum Gasteiger partial charge on any atom is 0.307 e. The zero-order valence-electron chi connectivity index (χ0n) is 9.10. The van der Waals surface area contributed by atoms with E-state index in [2.05, 4.69) is 11.1 Å². The molecule has 0 bridgehead atoms. The smallest absolute Gasteiger partial charge is 0.307 e. The number of nitriles is 1. The van der Waals surface area contributed by atoms with Crippen molar-refractivity contribution in [3.05, 3.63) is 23.4 Å². The van der Waals surface area contributed by atoms with E-state index in [9.17, 15) is 4.79 Å². The molecule has 1 aromatic rings. The highest BCUT2D eigenvalue weighted by molar-refractivity contribution is 7.99. The molecule has 0 aromatic carbocycles. The van der Waals surface area contributed by atoms with Gasteiger partial charge in [-0.2, -0.15) is 5.26 Å². The number of aliphatic carboxylic acids is 1. The number of nitrogens with zero attached hydrogens (tertiary/aromatic N) is 2. The van der Waals surface area contributed by atoms with E-state index >= 15 is 0 Å². The zero-order chi connectivity index (χ0) is 12.1. The molecule has 1 heterocycles. The molecule has 1 rings (SSSR count). The molecule has 5 heteroatoms. The Bertz CT molecular complexity index is 440. The van der Waals surface area contributed by atoms with Crippen LogP contribution in [0.25, 0.3) is 0 Å². The van der Waals surface area contributed by atoms with Gasteiger partial charge in [0.25, 0.3) is 0 Å². The number of carboxylic acid groups (broad SMARTS) is 1. The third-order valence-electron chi connectivity index (χ3n) is 2.13. The fourth-order valence-electron chi connectivity index (χ4n) is 1.05. The quantitative estimate of drug-likeness (QED) is 0.810. The van der Waals surface area contributed by atoms with E-state index in [0.29, 0.717) is 16.3 Å². The van der Waals surface area contributed by atoms with Crippen LogP contribution in [0.3, 0.4) is 0 Å². The minimum atomic E-state index is -0.835. The molecule has 0 saturated carbocycles. The highest BCUT2D eigenvalue weighted by Crippen LogP contribution is 2.23. The van der Waals surface area contributed by atoms with Crippen molar-refractivity contribution >= 4 is 17.7 Å².